The number of aldehydes is 1. The van der Waals surface area contributed by atoms with E-state index in [1.165, 1.54) is 32.1 Å². The number of nitrogens with zero attached hydrogens (tertiary/aromatic N) is 4. The summed E-state index contributed by atoms with van der Waals surface area (Å²) in [6, 6.07) is 3.79. The molecule has 2 atom stereocenters. The lowest BCUT2D eigenvalue weighted by molar-refractivity contribution is -0.162. The molecule has 2 aliphatic carbocycles. The molecule has 0 bridgehead atoms. The lowest BCUT2D eigenvalue weighted by Crippen LogP contribution is -2.64. The average Bonchev–Trinajstić information content (AvgIpc) is 3.41. The third-order valence-electron chi connectivity index (χ3n) is 9.47. The molecule has 37 heavy (non-hydrogen) atoms. The SMILES string of the molecule is C[C@H](CC1CCCCC1)C(=O)N1CCC(O)(CN2C=C(c3cccnc3)N=C(C=O)C2)C2(CCCC2)C1. The largest absolute Gasteiger partial charge is 0.387 e. The molecule has 2 saturated carbocycles. The zero-order valence-electron chi connectivity index (χ0n) is 22.3. The van der Waals surface area contributed by atoms with Crippen molar-refractivity contribution in [1.29, 1.82) is 0 Å². The van der Waals surface area contributed by atoms with Crippen LogP contribution in [0.2, 0.25) is 0 Å². The lowest BCUT2D eigenvalue weighted by Gasteiger charge is -2.54. The maximum atomic E-state index is 13.6. The van der Waals surface area contributed by atoms with Gasteiger partial charge in [-0.1, -0.05) is 51.9 Å². The molecule has 0 aromatic carbocycles. The maximum absolute atomic E-state index is 13.6. The monoisotopic (exact) mass is 506 g/mol. The second-order valence-corrected chi connectivity index (χ2v) is 12.1. The molecule has 1 N–H and O–H groups in total. The fourth-order valence-electron chi connectivity index (χ4n) is 7.42. The smallest absolute Gasteiger partial charge is 0.225 e. The number of carbonyl (C=O) groups excluding carboxylic acids is 2. The van der Waals surface area contributed by atoms with Crippen molar-refractivity contribution in [2.75, 3.05) is 26.2 Å². The lowest BCUT2D eigenvalue weighted by atomic mass is 9.65. The number of carbonyl (C=O) groups is 2. The Bertz CT molecular complexity index is 1030. The van der Waals surface area contributed by atoms with Gasteiger partial charge in [-0.05, 0) is 43.7 Å². The fraction of sp³-hybridized carbons (Fsp3) is 0.667. The quantitative estimate of drug-likeness (QED) is 0.552. The van der Waals surface area contributed by atoms with Gasteiger partial charge in [-0.3, -0.25) is 14.6 Å². The summed E-state index contributed by atoms with van der Waals surface area (Å²) in [4.78, 5) is 38.1. The number of hydrogen-bond acceptors (Lipinski definition) is 6. The van der Waals surface area contributed by atoms with Crippen molar-refractivity contribution in [3.63, 3.8) is 0 Å². The van der Waals surface area contributed by atoms with Crippen molar-refractivity contribution in [2.45, 2.75) is 83.2 Å². The second-order valence-electron chi connectivity index (χ2n) is 12.1. The first-order chi connectivity index (χ1) is 17.9. The number of pyridine rings is 1. The van der Waals surface area contributed by atoms with E-state index in [2.05, 4.69) is 21.8 Å². The summed E-state index contributed by atoms with van der Waals surface area (Å²) in [7, 11) is 0. The third kappa shape index (κ3) is 5.52. The van der Waals surface area contributed by atoms with Crippen LogP contribution in [0.3, 0.4) is 0 Å². The van der Waals surface area contributed by atoms with E-state index in [0.717, 1.165) is 44.0 Å². The Labute approximate surface area is 221 Å². The van der Waals surface area contributed by atoms with Crippen molar-refractivity contribution in [2.24, 2.45) is 22.2 Å². The molecule has 7 nitrogen and oxygen atoms in total. The van der Waals surface area contributed by atoms with Crippen LogP contribution < -0.4 is 0 Å². The molecule has 5 rings (SSSR count). The van der Waals surface area contributed by atoms with Crippen LogP contribution in [0.4, 0.5) is 0 Å². The first-order valence-electron chi connectivity index (χ1n) is 14.3. The molecule has 200 valence electrons. The number of amides is 1. The Morgan fingerprint density at radius 3 is 2.68 bits per heavy atom. The van der Waals surface area contributed by atoms with Gasteiger partial charge in [0, 0.05) is 55.1 Å². The summed E-state index contributed by atoms with van der Waals surface area (Å²) in [6.07, 6.45) is 18.3. The minimum atomic E-state index is -0.922. The summed E-state index contributed by atoms with van der Waals surface area (Å²) in [6.45, 7) is 4.15. The van der Waals surface area contributed by atoms with E-state index in [-0.39, 0.29) is 17.2 Å². The number of aliphatic hydroxyl groups is 1. The van der Waals surface area contributed by atoms with Crippen LogP contribution in [0.1, 0.15) is 83.1 Å². The van der Waals surface area contributed by atoms with Crippen molar-refractivity contribution in [1.82, 2.24) is 14.8 Å². The molecule has 3 heterocycles. The van der Waals surface area contributed by atoms with E-state index in [1.807, 2.05) is 23.2 Å². The molecular formula is C30H42N4O3. The molecule has 3 fully saturated rings. The molecule has 1 unspecified atom stereocenters. The van der Waals surface area contributed by atoms with Gasteiger partial charge in [0.05, 0.1) is 17.8 Å². The molecule has 1 spiro atoms. The number of aromatic nitrogens is 1. The highest BCUT2D eigenvalue weighted by Crippen LogP contribution is 2.51. The summed E-state index contributed by atoms with van der Waals surface area (Å²) in [5.74, 6) is 1.00. The average molecular weight is 507 g/mol. The van der Waals surface area contributed by atoms with E-state index in [1.54, 1.807) is 12.4 Å². The predicted octanol–water partition coefficient (Wildman–Crippen LogP) is 4.47. The topological polar surface area (TPSA) is 86.1 Å². The summed E-state index contributed by atoms with van der Waals surface area (Å²) in [5, 5.41) is 12.2. The number of likely N-dealkylation sites (tertiary alicyclic amines) is 1. The molecule has 1 aromatic heterocycles. The van der Waals surface area contributed by atoms with Gasteiger partial charge in [0.25, 0.3) is 0 Å². The van der Waals surface area contributed by atoms with Crippen LogP contribution in [0, 0.1) is 17.3 Å². The zero-order valence-corrected chi connectivity index (χ0v) is 22.3. The van der Waals surface area contributed by atoms with Crippen molar-refractivity contribution in [3.8, 4) is 0 Å². The molecule has 0 radical (unpaired) electrons. The minimum Gasteiger partial charge on any atom is -0.387 e. The fourth-order valence-corrected chi connectivity index (χ4v) is 7.42. The van der Waals surface area contributed by atoms with E-state index in [9.17, 15) is 14.7 Å². The highest BCUT2D eigenvalue weighted by molar-refractivity contribution is 6.30. The number of aliphatic imine (C=N–C) groups is 1. The first-order valence-corrected chi connectivity index (χ1v) is 14.3. The van der Waals surface area contributed by atoms with Crippen LogP contribution in [0.15, 0.2) is 35.7 Å². The highest BCUT2D eigenvalue weighted by Gasteiger charge is 2.56. The molecule has 1 amide bonds. The molecule has 7 heteroatoms. The van der Waals surface area contributed by atoms with E-state index >= 15 is 0 Å². The maximum Gasteiger partial charge on any atom is 0.225 e. The highest BCUT2D eigenvalue weighted by atomic mass is 16.3. The van der Waals surface area contributed by atoms with Gasteiger partial charge in [-0.2, -0.15) is 0 Å². The summed E-state index contributed by atoms with van der Waals surface area (Å²) < 4.78 is 0. The predicted molar refractivity (Wildman–Crippen MR) is 145 cm³/mol. The van der Waals surface area contributed by atoms with Crippen LogP contribution in [0.25, 0.3) is 5.70 Å². The Hall–Kier alpha value is -2.54. The molecule has 1 saturated heterocycles. The molecule has 1 aromatic rings. The number of rotatable bonds is 7. The van der Waals surface area contributed by atoms with Gasteiger partial charge in [0.1, 0.15) is 5.71 Å². The molecule has 4 aliphatic rings. The Balaban J connectivity index is 1.31. The van der Waals surface area contributed by atoms with Crippen molar-refractivity contribution >= 4 is 23.6 Å². The molecule has 2 aliphatic heterocycles. The Morgan fingerprint density at radius 2 is 1.97 bits per heavy atom. The Morgan fingerprint density at radius 1 is 1.19 bits per heavy atom. The van der Waals surface area contributed by atoms with Crippen molar-refractivity contribution in [3.05, 3.63) is 36.3 Å². The third-order valence-corrected chi connectivity index (χ3v) is 9.47. The van der Waals surface area contributed by atoms with E-state index in [4.69, 9.17) is 0 Å². The number of piperidine rings is 1. The van der Waals surface area contributed by atoms with Gasteiger partial charge in [0.2, 0.25) is 5.91 Å². The van der Waals surface area contributed by atoms with Crippen LogP contribution in [-0.4, -0.2) is 69.6 Å². The van der Waals surface area contributed by atoms with Crippen molar-refractivity contribution < 1.29 is 14.7 Å². The summed E-state index contributed by atoms with van der Waals surface area (Å²) >= 11 is 0. The van der Waals surface area contributed by atoms with Crippen LogP contribution in [0.5, 0.6) is 0 Å². The number of β-amino-alcohol motifs (C(OH)–C–C–N with tert-alkyl or cyclic N) is 1. The van der Waals surface area contributed by atoms with E-state index < -0.39 is 5.60 Å². The Kier molecular flexibility index (Phi) is 7.80. The van der Waals surface area contributed by atoms with Gasteiger partial charge >= 0.3 is 0 Å². The number of hydrogen-bond donors (Lipinski definition) is 1. The second kappa shape index (κ2) is 11.1. The van der Waals surface area contributed by atoms with E-state index in [0.29, 0.717) is 49.9 Å². The van der Waals surface area contributed by atoms with Gasteiger partial charge < -0.3 is 14.9 Å². The first kappa shape index (κ1) is 26.1. The van der Waals surface area contributed by atoms with Crippen LogP contribution >= 0.6 is 0 Å². The zero-order chi connectivity index (χ0) is 25.9. The summed E-state index contributed by atoms with van der Waals surface area (Å²) in [5.41, 5.74) is 0.768. The minimum absolute atomic E-state index is 0.0474. The molecular weight excluding hydrogens is 464 g/mol. The van der Waals surface area contributed by atoms with Crippen LogP contribution in [-0.2, 0) is 9.59 Å². The standard InChI is InChI=1S/C30H42N4O3/c1-23(16-24-8-3-2-4-9-24)28(36)34-15-13-30(37,29(21-34)11-5-6-12-29)22-33-18-26(20-35)32-27(19-33)25-10-7-14-31-17-25/h7,10,14,17,19-20,23-24,37H,2-6,8-9,11-13,15-16,18,21-22H2,1H3/t23-,30?/m1/s1. The van der Waals surface area contributed by atoms with Gasteiger partial charge in [-0.25, -0.2) is 4.99 Å². The normalized spacial score (nSPS) is 27.1. The van der Waals surface area contributed by atoms with Gasteiger partial charge in [0.15, 0.2) is 6.29 Å². The van der Waals surface area contributed by atoms with Gasteiger partial charge in [-0.15, -0.1) is 0 Å².